The fourth-order valence-corrected chi connectivity index (χ4v) is 4.39. The van der Waals surface area contributed by atoms with Crippen molar-refractivity contribution in [1.82, 2.24) is 30.0 Å². The summed E-state index contributed by atoms with van der Waals surface area (Å²) in [5, 5.41) is 7.42. The van der Waals surface area contributed by atoms with Gasteiger partial charge in [-0.3, -0.25) is 9.69 Å². The number of nitrogens with zero attached hydrogens (tertiary/aromatic N) is 5. The molecule has 33 heavy (non-hydrogen) atoms. The number of hydrogen-bond acceptors (Lipinski definition) is 7. The topological polar surface area (TPSA) is 94.4 Å². The fourth-order valence-electron chi connectivity index (χ4n) is 4.39. The van der Waals surface area contributed by atoms with Crippen molar-refractivity contribution in [3.05, 3.63) is 53.0 Å². The summed E-state index contributed by atoms with van der Waals surface area (Å²) in [7, 11) is 1.66. The van der Waals surface area contributed by atoms with Gasteiger partial charge in [0, 0.05) is 37.9 Å². The van der Waals surface area contributed by atoms with Gasteiger partial charge in [-0.2, -0.15) is 5.10 Å². The first-order valence-corrected chi connectivity index (χ1v) is 11.3. The molecule has 1 amide bonds. The van der Waals surface area contributed by atoms with Gasteiger partial charge in [0.05, 0.1) is 43.5 Å². The van der Waals surface area contributed by atoms with Crippen molar-refractivity contribution in [1.29, 1.82) is 0 Å². The molecule has 9 nitrogen and oxygen atoms in total. The standard InChI is InChI=1S/C24H28N6O3/c1-16-21(23(31)25-7-8-29-9-11-33-12-10-29)15-27-30(16)24-26-14-18-4-3-17-5-6-19(32-2)13-20(17)22(18)28-24/h5-6,13-15H,3-4,7-12H2,1-2H3,(H,25,31). The maximum atomic E-state index is 12.8. The summed E-state index contributed by atoms with van der Waals surface area (Å²) in [6.45, 7) is 6.55. The number of morpholine rings is 1. The molecule has 9 heteroatoms. The van der Waals surface area contributed by atoms with Crippen molar-refractivity contribution >= 4 is 5.91 Å². The zero-order chi connectivity index (χ0) is 22.8. The van der Waals surface area contributed by atoms with E-state index in [1.54, 1.807) is 18.0 Å². The van der Waals surface area contributed by atoms with Crippen LogP contribution in [0.3, 0.4) is 0 Å². The average Bonchev–Trinajstić information content (AvgIpc) is 3.25. The van der Waals surface area contributed by atoms with Crippen LogP contribution < -0.4 is 10.1 Å². The third-order valence-electron chi connectivity index (χ3n) is 6.35. The van der Waals surface area contributed by atoms with Crippen LogP contribution in [0.25, 0.3) is 17.2 Å². The van der Waals surface area contributed by atoms with E-state index < -0.39 is 0 Å². The highest BCUT2D eigenvalue weighted by Gasteiger charge is 2.22. The summed E-state index contributed by atoms with van der Waals surface area (Å²) in [6, 6.07) is 6.10. The normalized spacial score (nSPS) is 15.6. The largest absolute Gasteiger partial charge is 0.497 e. The molecule has 172 valence electrons. The highest BCUT2D eigenvalue weighted by molar-refractivity contribution is 5.95. The Morgan fingerprint density at radius 1 is 1.18 bits per heavy atom. The zero-order valence-corrected chi connectivity index (χ0v) is 19.0. The number of carbonyl (C=O) groups is 1. The van der Waals surface area contributed by atoms with Crippen LogP contribution >= 0.6 is 0 Å². The van der Waals surface area contributed by atoms with Crippen LogP contribution in [-0.4, -0.2) is 77.1 Å². The summed E-state index contributed by atoms with van der Waals surface area (Å²) in [6.07, 6.45) is 5.29. The Kier molecular flexibility index (Phi) is 6.06. The Morgan fingerprint density at radius 2 is 2.00 bits per heavy atom. The van der Waals surface area contributed by atoms with E-state index in [1.165, 1.54) is 5.56 Å². The van der Waals surface area contributed by atoms with Gasteiger partial charge in [0.15, 0.2) is 0 Å². The van der Waals surface area contributed by atoms with Gasteiger partial charge < -0.3 is 14.8 Å². The third-order valence-corrected chi connectivity index (χ3v) is 6.35. The highest BCUT2D eigenvalue weighted by Crippen LogP contribution is 2.34. The number of methoxy groups -OCH3 is 1. The van der Waals surface area contributed by atoms with Gasteiger partial charge in [-0.05, 0) is 43.0 Å². The Morgan fingerprint density at radius 3 is 2.82 bits per heavy atom. The number of aromatic nitrogens is 4. The number of ether oxygens (including phenoxy) is 2. The van der Waals surface area contributed by atoms with E-state index in [-0.39, 0.29) is 5.91 Å². The van der Waals surface area contributed by atoms with Crippen LogP contribution in [0.5, 0.6) is 5.75 Å². The lowest BCUT2D eigenvalue weighted by Gasteiger charge is -2.26. The Balaban J connectivity index is 1.35. The first kappa shape index (κ1) is 21.5. The maximum absolute atomic E-state index is 12.8. The van der Waals surface area contributed by atoms with E-state index in [0.717, 1.165) is 68.3 Å². The Bertz CT molecular complexity index is 1170. The second-order valence-corrected chi connectivity index (χ2v) is 8.33. The molecule has 3 aromatic rings. The van der Waals surface area contributed by atoms with Gasteiger partial charge >= 0.3 is 0 Å². The summed E-state index contributed by atoms with van der Waals surface area (Å²) in [4.78, 5) is 24.4. The molecule has 0 bridgehead atoms. The molecule has 0 radical (unpaired) electrons. The quantitative estimate of drug-likeness (QED) is 0.615. The van der Waals surface area contributed by atoms with E-state index >= 15 is 0 Å². The van der Waals surface area contributed by atoms with E-state index in [9.17, 15) is 4.79 Å². The Hall–Kier alpha value is -3.30. The smallest absolute Gasteiger partial charge is 0.254 e. The maximum Gasteiger partial charge on any atom is 0.254 e. The number of benzene rings is 1. The molecule has 1 aliphatic carbocycles. The van der Waals surface area contributed by atoms with Crippen molar-refractivity contribution in [3.63, 3.8) is 0 Å². The third kappa shape index (κ3) is 4.34. The number of hydrogen-bond donors (Lipinski definition) is 1. The number of amides is 1. The summed E-state index contributed by atoms with van der Waals surface area (Å²) in [5.41, 5.74) is 5.54. The molecule has 1 saturated heterocycles. The second kappa shape index (κ2) is 9.29. The lowest BCUT2D eigenvalue weighted by molar-refractivity contribution is 0.0383. The van der Waals surface area contributed by atoms with Crippen LogP contribution in [0.2, 0.25) is 0 Å². The second-order valence-electron chi connectivity index (χ2n) is 8.33. The van der Waals surface area contributed by atoms with E-state index in [1.807, 2.05) is 25.3 Å². The van der Waals surface area contributed by atoms with Gasteiger partial charge in [-0.1, -0.05) is 6.07 Å². The lowest BCUT2D eigenvalue weighted by atomic mass is 9.90. The minimum atomic E-state index is -0.139. The van der Waals surface area contributed by atoms with Gasteiger partial charge in [-0.25, -0.2) is 14.6 Å². The summed E-state index contributed by atoms with van der Waals surface area (Å²) in [5.74, 6) is 1.11. The molecule has 0 atom stereocenters. The molecular formula is C24H28N6O3. The number of fused-ring (bicyclic) bond motifs is 3. The molecule has 0 saturated carbocycles. The van der Waals surface area contributed by atoms with E-state index in [0.29, 0.717) is 23.8 Å². The Labute approximate surface area is 192 Å². The van der Waals surface area contributed by atoms with Crippen molar-refractivity contribution in [2.45, 2.75) is 19.8 Å². The molecule has 0 unspecified atom stereocenters. The first-order chi connectivity index (χ1) is 16.1. The predicted octanol–water partition coefficient (Wildman–Crippen LogP) is 1.81. The summed E-state index contributed by atoms with van der Waals surface area (Å²) < 4.78 is 12.4. The lowest BCUT2D eigenvalue weighted by Crippen LogP contribution is -2.41. The van der Waals surface area contributed by atoms with Gasteiger partial charge in [0.2, 0.25) is 0 Å². The van der Waals surface area contributed by atoms with Crippen LogP contribution in [0.1, 0.15) is 27.2 Å². The van der Waals surface area contributed by atoms with Gasteiger partial charge in [-0.15, -0.1) is 0 Å². The number of rotatable bonds is 6. The van der Waals surface area contributed by atoms with E-state index in [4.69, 9.17) is 14.5 Å². The molecule has 0 spiro atoms. The van der Waals surface area contributed by atoms with Crippen LogP contribution in [0.15, 0.2) is 30.6 Å². The molecule has 2 aromatic heterocycles. The molecule has 5 rings (SSSR count). The molecule has 3 heterocycles. The van der Waals surface area contributed by atoms with Crippen molar-refractivity contribution in [2.24, 2.45) is 0 Å². The molecule has 2 aliphatic rings. The minimum absolute atomic E-state index is 0.139. The molecule has 1 aromatic carbocycles. The van der Waals surface area contributed by atoms with Crippen LogP contribution in [-0.2, 0) is 17.6 Å². The van der Waals surface area contributed by atoms with E-state index in [2.05, 4.69) is 26.4 Å². The average molecular weight is 449 g/mol. The molecule has 1 N–H and O–H groups in total. The molecule has 1 fully saturated rings. The van der Waals surface area contributed by atoms with Crippen molar-refractivity contribution in [2.75, 3.05) is 46.5 Å². The summed E-state index contributed by atoms with van der Waals surface area (Å²) >= 11 is 0. The zero-order valence-electron chi connectivity index (χ0n) is 19.0. The highest BCUT2D eigenvalue weighted by atomic mass is 16.5. The minimum Gasteiger partial charge on any atom is -0.497 e. The number of carbonyl (C=O) groups excluding carboxylic acids is 1. The molecule has 1 aliphatic heterocycles. The monoisotopic (exact) mass is 448 g/mol. The number of nitrogens with one attached hydrogen (secondary N) is 1. The fraction of sp³-hybridized carbons (Fsp3) is 0.417. The van der Waals surface area contributed by atoms with Crippen molar-refractivity contribution < 1.29 is 14.3 Å². The van der Waals surface area contributed by atoms with Crippen LogP contribution in [0, 0.1) is 6.92 Å². The number of aryl methyl sites for hydroxylation is 2. The van der Waals surface area contributed by atoms with Gasteiger partial charge in [0.25, 0.3) is 11.9 Å². The SMILES string of the molecule is COc1ccc2c(c1)-c1nc(-n3ncc(C(=O)NCCN4CCOCC4)c3C)ncc1CC2. The first-order valence-electron chi connectivity index (χ1n) is 11.3. The molecular weight excluding hydrogens is 420 g/mol. The van der Waals surface area contributed by atoms with Crippen molar-refractivity contribution in [3.8, 4) is 23.0 Å². The van der Waals surface area contributed by atoms with Crippen LogP contribution in [0.4, 0.5) is 0 Å². The predicted molar refractivity (Wildman–Crippen MR) is 123 cm³/mol. The van der Waals surface area contributed by atoms with Gasteiger partial charge in [0.1, 0.15) is 5.75 Å².